The molecule has 0 unspecified atom stereocenters. The van der Waals surface area contributed by atoms with Gasteiger partial charge in [0.15, 0.2) is 6.61 Å². The van der Waals surface area contributed by atoms with Gasteiger partial charge in [0.05, 0.1) is 26.4 Å². The lowest BCUT2D eigenvalue weighted by Crippen LogP contribution is -2.44. The second-order valence-corrected chi connectivity index (χ2v) is 3.76. The number of esters is 2. The van der Waals surface area contributed by atoms with Gasteiger partial charge in [0, 0.05) is 12.8 Å². The summed E-state index contributed by atoms with van der Waals surface area (Å²) in [6, 6.07) is 0. The molecule has 0 amide bonds. The summed E-state index contributed by atoms with van der Waals surface area (Å²) >= 11 is 0. The van der Waals surface area contributed by atoms with Crippen molar-refractivity contribution in [2.45, 2.75) is 32.7 Å². The van der Waals surface area contributed by atoms with E-state index < -0.39 is 24.5 Å². The molecule has 0 atom stereocenters. The van der Waals surface area contributed by atoms with Crippen molar-refractivity contribution < 1.29 is 38.7 Å². The topological polar surface area (TPSA) is 112 Å². The van der Waals surface area contributed by atoms with E-state index >= 15 is 0 Å². The Morgan fingerprint density at radius 1 is 0.950 bits per heavy atom. The maximum atomic E-state index is 11.2. The number of ether oxygens (including phenoxy) is 4. The molecule has 0 aliphatic carbocycles. The maximum Gasteiger partial charge on any atom is 0.398 e. The van der Waals surface area contributed by atoms with Crippen LogP contribution in [0, 0.1) is 0 Å². The van der Waals surface area contributed by atoms with Gasteiger partial charge in [-0.3, -0.25) is 9.59 Å². The van der Waals surface area contributed by atoms with E-state index in [2.05, 4.69) is 9.47 Å². The molecule has 2 N–H and O–H groups in total. The Balaban J connectivity index is 4.23. The average Bonchev–Trinajstić information content (AvgIpc) is 2.42. The normalized spacial score (nSPS) is 11.2. The molecule has 0 rings (SSSR count). The molecule has 0 aromatic carbocycles. The van der Waals surface area contributed by atoms with Crippen LogP contribution in [-0.2, 0) is 28.5 Å². The number of aliphatic hydroxyl groups excluding tert-OH is 1. The van der Waals surface area contributed by atoms with Crippen LogP contribution < -0.4 is 0 Å². The third-order valence-electron chi connectivity index (χ3n) is 2.02. The zero-order valence-electron chi connectivity index (χ0n) is 11.8. The van der Waals surface area contributed by atoms with Crippen LogP contribution in [0.4, 0.5) is 0 Å². The van der Waals surface area contributed by atoms with Crippen molar-refractivity contribution in [2.75, 3.05) is 33.0 Å². The molecule has 0 aromatic rings. The largest absolute Gasteiger partial charge is 0.398 e. The first-order chi connectivity index (χ1) is 9.47. The number of rotatable bonds is 11. The van der Waals surface area contributed by atoms with Crippen LogP contribution >= 0.6 is 0 Å². The zero-order chi connectivity index (χ0) is 15.4. The van der Waals surface area contributed by atoms with Crippen molar-refractivity contribution in [1.82, 2.24) is 0 Å². The molecule has 0 heterocycles. The number of aliphatic hydroxyl groups is 2. The lowest BCUT2D eigenvalue weighted by atomic mass is 10.4. The molecule has 0 spiro atoms. The van der Waals surface area contributed by atoms with E-state index in [4.69, 9.17) is 14.6 Å². The minimum atomic E-state index is -2.43. The predicted octanol–water partition coefficient (Wildman–Crippen LogP) is -0.436. The van der Waals surface area contributed by atoms with Crippen molar-refractivity contribution in [3.63, 3.8) is 0 Å². The van der Waals surface area contributed by atoms with Crippen LogP contribution in [0.25, 0.3) is 0 Å². The van der Waals surface area contributed by atoms with Crippen LogP contribution in [0.3, 0.4) is 0 Å². The molecule has 0 aliphatic rings. The molecule has 0 aromatic heterocycles. The number of carbonyl (C=O) groups is 2. The molecule has 8 nitrogen and oxygen atoms in total. The molecular weight excluding hydrogens is 272 g/mol. The molecule has 0 radical (unpaired) electrons. The molecule has 0 saturated carbocycles. The monoisotopic (exact) mass is 294 g/mol. The van der Waals surface area contributed by atoms with E-state index in [1.807, 2.05) is 0 Å². The van der Waals surface area contributed by atoms with E-state index in [9.17, 15) is 14.7 Å². The molecular formula is C12H22O8. The fraction of sp³-hybridized carbons (Fsp3) is 0.833. The highest BCUT2D eigenvalue weighted by Crippen LogP contribution is 2.13. The van der Waals surface area contributed by atoms with Crippen LogP contribution in [0.2, 0.25) is 0 Å². The summed E-state index contributed by atoms with van der Waals surface area (Å²) in [5.41, 5.74) is 0. The van der Waals surface area contributed by atoms with Crippen LogP contribution in [0.15, 0.2) is 0 Å². The van der Waals surface area contributed by atoms with Gasteiger partial charge in [-0.15, -0.1) is 0 Å². The summed E-state index contributed by atoms with van der Waals surface area (Å²) < 4.78 is 19.3. The Labute approximate surface area is 117 Å². The van der Waals surface area contributed by atoms with E-state index in [0.717, 1.165) is 0 Å². The summed E-state index contributed by atoms with van der Waals surface area (Å²) in [7, 11) is 0. The van der Waals surface area contributed by atoms with Gasteiger partial charge in [-0.25, -0.2) is 0 Å². The Hall–Kier alpha value is -1.22. The maximum absolute atomic E-state index is 11.2. The summed E-state index contributed by atoms with van der Waals surface area (Å²) in [6.45, 7) is 2.88. The van der Waals surface area contributed by atoms with Gasteiger partial charge in [0.2, 0.25) is 0 Å². The number of carbonyl (C=O) groups excluding carboxylic acids is 2. The van der Waals surface area contributed by atoms with E-state index in [1.165, 1.54) is 13.8 Å². The molecule has 0 saturated heterocycles. The second-order valence-electron chi connectivity index (χ2n) is 3.76. The third kappa shape index (κ3) is 8.81. The van der Waals surface area contributed by atoms with Crippen molar-refractivity contribution in [3.05, 3.63) is 0 Å². The Kier molecular flexibility index (Phi) is 9.91. The van der Waals surface area contributed by atoms with Crippen molar-refractivity contribution in [1.29, 1.82) is 0 Å². The van der Waals surface area contributed by atoms with Crippen molar-refractivity contribution in [2.24, 2.45) is 0 Å². The van der Waals surface area contributed by atoms with E-state index in [1.54, 1.807) is 0 Å². The minimum Gasteiger partial charge on any atom is -0.396 e. The van der Waals surface area contributed by atoms with Crippen LogP contribution in [0.5, 0.6) is 0 Å². The average molecular weight is 294 g/mol. The van der Waals surface area contributed by atoms with Crippen LogP contribution in [0.1, 0.15) is 26.7 Å². The Morgan fingerprint density at radius 2 is 1.45 bits per heavy atom. The van der Waals surface area contributed by atoms with Crippen LogP contribution in [-0.4, -0.2) is 61.2 Å². The van der Waals surface area contributed by atoms with Gasteiger partial charge >= 0.3 is 17.9 Å². The standard InChI is InChI=1S/C12H22O8/c1-3-10(14)19-12(16,20-11(15)4-2)9-18-8-7-17-6-5-13/h13,16H,3-9H2,1-2H3. The summed E-state index contributed by atoms with van der Waals surface area (Å²) in [5.74, 6) is -3.88. The fourth-order valence-corrected chi connectivity index (χ4v) is 1.07. The van der Waals surface area contributed by atoms with Gasteiger partial charge in [-0.05, 0) is 0 Å². The van der Waals surface area contributed by atoms with Gasteiger partial charge in [0.1, 0.15) is 0 Å². The first-order valence-corrected chi connectivity index (χ1v) is 6.39. The van der Waals surface area contributed by atoms with Crippen molar-refractivity contribution in [3.8, 4) is 0 Å². The highest BCUT2D eigenvalue weighted by molar-refractivity contribution is 5.71. The smallest absolute Gasteiger partial charge is 0.396 e. The van der Waals surface area contributed by atoms with Gasteiger partial charge < -0.3 is 29.2 Å². The molecule has 20 heavy (non-hydrogen) atoms. The lowest BCUT2D eigenvalue weighted by Gasteiger charge is -2.26. The lowest BCUT2D eigenvalue weighted by molar-refractivity contribution is -0.341. The van der Waals surface area contributed by atoms with Gasteiger partial charge in [-0.2, -0.15) is 0 Å². The third-order valence-corrected chi connectivity index (χ3v) is 2.02. The molecule has 0 bridgehead atoms. The molecule has 0 aliphatic heterocycles. The zero-order valence-corrected chi connectivity index (χ0v) is 11.8. The van der Waals surface area contributed by atoms with E-state index in [-0.39, 0.29) is 39.3 Å². The van der Waals surface area contributed by atoms with Crippen molar-refractivity contribution >= 4 is 11.9 Å². The van der Waals surface area contributed by atoms with Gasteiger partial charge in [0.25, 0.3) is 0 Å². The first kappa shape index (κ1) is 18.8. The minimum absolute atomic E-state index is 0.0194. The predicted molar refractivity (Wildman–Crippen MR) is 66.4 cm³/mol. The summed E-state index contributed by atoms with van der Waals surface area (Å²) in [6.07, 6.45) is 0.0389. The highest BCUT2D eigenvalue weighted by Gasteiger charge is 2.36. The summed E-state index contributed by atoms with van der Waals surface area (Å²) in [5, 5.41) is 18.4. The first-order valence-electron chi connectivity index (χ1n) is 6.39. The highest BCUT2D eigenvalue weighted by atomic mass is 16.9. The quantitative estimate of drug-likeness (QED) is 0.300. The van der Waals surface area contributed by atoms with E-state index in [0.29, 0.717) is 0 Å². The molecule has 0 fully saturated rings. The second kappa shape index (κ2) is 10.6. The number of hydrogen-bond donors (Lipinski definition) is 2. The Morgan fingerprint density at radius 3 is 1.90 bits per heavy atom. The molecule has 8 heteroatoms. The van der Waals surface area contributed by atoms with Gasteiger partial charge in [-0.1, -0.05) is 13.8 Å². The summed E-state index contributed by atoms with van der Waals surface area (Å²) in [4.78, 5) is 22.4. The molecule has 118 valence electrons. The SMILES string of the molecule is CCC(=O)OC(O)(COCCOCCO)OC(=O)CC. The Bertz CT molecular complexity index is 273. The number of hydrogen-bond acceptors (Lipinski definition) is 8. The fourth-order valence-electron chi connectivity index (χ4n) is 1.07.